The van der Waals surface area contributed by atoms with Crippen molar-refractivity contribution in [1.29, 1.82) is 0 Å². The lowest BCUT2D eigenvalue weighted by atomic mass is 9.97. The summed E-state index contributed by atoms with van der Waals surface area (Å²) in [6.07, 6.45) is 5.29. The molecule has 1 aliphatic carbocycles. The molecule has 1 saturated carbocycles. The van der Waals surface area contributed by atoms with Gasteiger partial charge in [0.05, 0.1) is 11.6 Å². The molecule has 192 valence electrons. The number of benzene rings is 1. The summed E-state index contributed by atoms with van der Waals surface area (Å²) in [6, 6.07) is 15.0. The summed E-state index contributed by atoms with van der Waals surface area (Å²) in [5.74, 6) is 0.694. The second-order valence-corrected chi connectivity index (χ2v) is 9.76. The van der Waals surface area contributed by atoms with Crippen LogP contribution in [0.2, 0.25) is 0 Å². The van der Waals surface area contributed by atoms with E-state index in [1.54, 1.807) is 12.1 Å². The van der Waals surface area contributed by atoms with Crippen LogP contribution in [0.4, 0.5) is 16.0 Å². The van der Waals surface area contributed by atoms with Gasteiger partial charge in [0.1, 0.15) is 12.0 Å². The molecule has 2 amide bonds. The standard InChI is InChI=1S/C28H31FN6O2/c1-18(28(37)32-26-16-24(33-34-26)19-10-11-19)20-5-2-6-21(15-20)23-7-3-8-25(30-23)31-27(36)9-4-13-35-14-12-22(29)17-35/h2-9,15-16,18-19,22H,10-14,17H2,1H3,(H,30,31,36)(H2,32,33,34,37)/b9-4+/t18-,22-/m0/s1. The number of rotatable bonds is 9. The minimum atomic E-state index is -0.777. The summed E-state index contributed by atoms with van der Waals surface area (Å²) in [4.78, 5) is 31.7. The summed E-state index contributed by atoms with van der Waals surface area (Å²) >= 11 is 0. The van der Waals surface area contributed by atoms with E-state index in [1.165, 1.54) is 6.08 Å². The Balaban J connectivity index is 1.20. The van der Waals surface area contributed by atoms with E-state index in [-0.39, 0.29) is 11.8 Å². The topological polar surface area (TPSA) is 103 Å². The quantitative estimate of drug-likeness (QED) is 0.370. The highest BCUT2D eigenvalue weighted by Crippen LogP contribution is 2.39. The third kappa shape index (κ3) is 6.48. The number of nitrogens with zero attached hydrogens (tertiary/aromatic N) is 3. The smallest absolute Gasteiger partial charge is 0.249 e. The van der Waals surface area contributed by atoms with Crippen molar-refractivity contribution in [3.8, 4) is 11.3 Å². The Morgan fingerprint density at radius 1 is 1.14 bits per heavy atom. The molecule has 2 aliphatic rings. The summed E-state index contributed by atoms with van der Waals surface area (Å²) in [5, 5.41) is 12.9. The van der Waals surface area contributed by atoms with Gasteiger partial charge >= 0.3 is 0 Å². The van der Waals surface area contributed by atoms with Crippen LogP contribution in [0.3, 0.4) is 0 Å². The molecule has 1 aromatic carbocycles. The lowest BCUT2D eigenvalue weighted by molar-refractivity contribution is -0.117. The van der Waals surface area contributed by atoms with E-state index < -0.39 is 12.1 Å². The molecule has 3 N–H and O–H groups in total. The first-order chi connectivity index (χ1) is 17.9. The highest BCUT2D eigenvalue weighted by atomic mass is 19.1. The molecule has 8 nitrogen and oxygen atoms in total. The fourth-order valence-electron chi connectivity index (χ4n) is 4.45. The van der Waals surface area contributed by atoms with E-state index in [0.29, 0.717) is 49.3 Å². The van der Waals surface area contributed by atoms with Gasteiger partial charge in [-0.15, -0.1) is 0 Å². The fourth-order valence-corrected chi connectivity index (χ4v) is 4.45. The number of hydrogen-bond donors (Lipinski definition) is 3. The van der Waals surface area contributed by atoms with Crippen LogP contribution < -0.4 is 10.6 Å². The van der Waals surface area contributed by atoms with E-state index >= 15 is 0 Å². The predicted molar refractivity (Wildman–Crippen MR) is 141 cm³/mol. The van der Waals surface area contributed by atoms with Gasteiger partial charge in [-0.2, -0.15) is 5.10 Å². The van der Waals surface area contributed by atoms with Gasteiger partial charge in [0.2, 0.25) is 11.8 Å². The molecular formula is C28H31FN6O2. The lowest BCUT2D eigenvalue weighted by Crippen LogP contribution is -2.21. The number of aromatic amines is 1. The number of nitrogens with one attached hydrogen (secondary N) is 3. The van der Waals surface area contributed by atoms with Crippen molar-refractivity contribution in [2.75, 3.05) is 30.3 Å². The van der Waals surface area contributed by atoms with E-state index in [9.17, 15) is 14.0 Å². The molecule has 2 fully saturated rings. The number of amides is 2. The molecule has 3 aromatic rings. The predicted octanol–water partition coefficient (Wildman–Crippen LogP) is 4.63. The van der Waals surface area contributed by atoms with E-state index in [1.807, 2.05) is 54.3 Å². The summed E-state index contributed by atoms with van der Waals surface area (Å²) in [7, 11) is 0. The van der Waals surface area contributed by atoms with E-state index in [4.69, 9.17) is 0 Å². The van der Waals surface area contributed by atoms with Crippen molar-refractivity contribution in [2.24, 2.45) is 0 Å². The number of pyridine rings is 1. The molecule has 9 heteroatoms. The van der Waals surface area contributed by atoms with E-state index in [2.05, 4.69) is 25.8 Å². The number of anilines is 2. The van der Waals surface area contributed by atoms with Crippen molar-refractivity contribution in [3.05, 3.63) is 71.9 Å². The molecule has 2 aromatic heterocycles. The molecule has 1 aliphatic heterocycles. The Morgan fingerprint density at radius 3 is 2.76 bits per heavy atom. The van der Waals surface area contributed by atoms with Crippen LogP contribution in [0.1, 0.15) is 49.3 Å². The number of hydrogen-bond acceptors (Lipinski definition) is 5. The second-order valence-electron chi connectivity index (χ2n) is 9.76. The number of carbonyl (C=O) groups is 2. The first kappa shape index (κ1) is 24.8. The SMILES string of the molecule is C[C@H](C(=O)Nc1cc(C2CC2)[nH]n1)c1cccc(-c2cccc(NC(=O)/C=C/CN3CC[C@H](F)C3)n2)c1. The molecule has 0 spiro atoms. The number of halogens is 1. The highest BCUT2D eigenvalue weighted by Gasteiger charge is 2.26. The van der Waals surface area contributed by atoms with E-state index in [0.717, 1.165) is 29.7 Å². The zero-order valence-electron chi connectivity index (χ0n) is 20.8. The Kier molecular flexibility index (Phi) is 7.41. The average molecular weight is 503 g/mol. The van der Waals surface area contributed by atoms with Gasteiger partial charge in [0.15, 0.2) is 5.82 Å². The maximum Gasteiger partial charge on any atom is 0.249 e. The highest BCUT2D eigenvalue weighted by molar-refractivity contribution is 5.98. The Labute approximate surface area is 215 Å². The van der Waals surface area contributed by atoms with Gasteiger partial charge < -0.3 is 10.6 Å². The molecule has 2 atom stereocenters. The molecule has 3 heterocycles. The molecule has 5 rings (SSSR count). The van der Waals surface area contributed by atoms with Crippen molar-refractivity contribution in [3.63, 3.8) is 0 Å². The van der Waals surface area contributed by atoms with Crippen molar-refractivity contribution in [1.82, 2.24) is 20.1 Å². The minimum absolute atomic E-state index is 0.136. The third-order valence-electron chi connectivity index (χ3n) is 6.79. The first-order valence-corrected chi connectivity index (χ1v) is 12.7. The van der Waals surface area contributed by atoms with Crippen LogP contribution in [-0.4, -0.2) is 57.7 Å². The van der Waals surface area contributed by atoms with Crippen LogP contribution in [0, 0.1) is 0 Å². The molecule has 37 heavy (non-hydrogen) atoms. The van der Waals surface area contributed by atoms with Crippen LogP contribution in [0.15, 0.2) is 60.7 Å². The number of H-pyrrole nitrogens is 1. The zero-order chi connectivity index (χ0) is 25.8. The van der Waals surface area contributed by atoms with Gasteiger partial charge in [0.25, 0.3) is 0 Å². The minimum Gasteiger partial charge on any atom is -0.309 e. The Bertz CT molecular complexity index is 1300. The van der Waals surface area contributed by atoms with Crippen molar-refractivity contribution in [2.45, 2.75) is 44.2 Å². The molecule has 0 unspecified atom stereocenters. The maximum atomic E-state index is 13.3. The molecular weight excluding hydrogens is 471 g/mol. The average Bonchev–Trinajstić information content (AvgIpc) is 3.51. The Morgan fingerprint density at radius 2 is 1.97 bits per heavy atom. The monoisotopic (exact) mass is 502 g/mol. The fraction of sp³-hybridized carbons (Fsp3) is 0.357. The van der Waals surface area contributed by atoms with Crippen molar-refractivity contribution < 1.29 is 14.0 Å². The summed E-state index contributed by atoms with van der Waals surface area (Å²) < 4.78 is 13.3. The molecule has 0 bridgehead atoms. The second kappa shape index (κ2) is 11.0. The maximum absolute atomic E-state index is 13.3. The van der Waals surface area contributed by atoms with Gasteiger partial charge in [0, 0.05) is 49.0 Å². The lowest BCUT2D eigenvalue weighted by Gasteiger charge is -2.13. The number of aromatic nitrogens is 3. The molecule has 1 saturated heterocycles. The number of likely N-dealkylation sites (tertiary alicyclic amines) is 1. The van der Waals surface area contributed by atoms with Crippen LogP contribution in [0.5, 0.6) is 0 Å². The van der Waals surface area contributed by atoms with Gasteiger partial charge in [-0.1, -0.05) is 30.3 Å². The van der Waals surface area contributed by atoms with Crippen molar-refractivity contribution >= 4 is 23.5 Å². The number of carbonyl (C=O) groups excluding carboxylic acids is 2. The summed E-state index contributed by atoms with van der Waals surface area (Å²) in [5.41, 5.74) is 3.45. The van der Waals surface area contributed by atoms with Gasteiger partial charge in [-0.05, 0) is 49.9 Å². The van der Waals surface area contributed by atoms with Crippen LogP contribution >= 0.6 is 0 Å². The Hall–Kier alpha value is -3.85. The van der Waals surface area contributed by atoms with Crippen LogP contribution in [-0.2, 0) is 9.59 Å². The number of alkyl halides is 1. The third-order valence-corrected chi connectivity index (χ3v) is 6.79. The normalized spacial score (nSPS) is 18.7. The summed E-state index contributed by atoms with van der Waals surface area (Å²) in [6.45, 7) is 3.52. The first-order valence-electron chi connectivity index (χ1n) is 12.7. The van der Waals surface area contributed by atoms with Gasteiger partial charge in [-0.25, -0.2) is 9.37 Å². The van der Waals surface area contributed by atoms with Gasteiger partial charge in [-0.3, -0.25) is 19.6 Å². The largest absolute Gasteiger partial charge is 0.309 e. The molecule has 0 radical (unpaired) electrons. The van der Waals surface area contributed by atoms with Crippen LogP contribution in [0.25, 0.3) is 11.3 Å². The zero-order valence-corrected chi connectivity index (χ0v) is 20.8.